The normalized spacial score (nSPS) is 10.3. The molecular formula is C15H16BrN3. The molecule has 0 saturated carbocycles. The van der Waals surface area contributed by atoms with Crippen molar-refractivity contribution in [2.45, 2.75) is 20.4 Å². The molecule has 0 radical (unpaired) electrons. The highest BCUT2D eigenvalue weighted by molar-refractivity contribution is 9.10. The summed E-state index contributed by atoms with van der Waals surface area (Å²) in [6.07, 6.45) is 1.98. The topological polar surface area (TPSA) is 40.8 Å². The molecule has 0 aliphatic carbocycles. The lowest BCUT2D eigenvalue weighted by Gasteiger charge is -2.12. The highest BCUT2D eigenvalue weighted by Crippen LogP contribution is 2.28. The molecule has 0 saturated heterocycles. The van der Waals surface area contributed by atoms with E-state index in [-0.39, 0.29) is 0 Å². The summed E-state index contributed by atoms with van der Waals surface area (Å²) in [5, 5.41) is 12.4. The first-order chi connectivity index (χ1) is 9.01. The zero-order chi connectivity index (χ0) is 14.0. The molecule has 19 heavy (non-hydrogen) atoms. The van der Waals surface area contributed by atoms with Gasteiger partial charge in [0, 0.05) is 24.3 Å². The van der Waals surface area contributed by atoms with Crippen molar-refractivity contribution in [2.24, 2.45) is 7.05 Å². The van der Waals surface area contributed by atoms with Crippen LogP contribution in [0.25, 0.3) is 0 Å². The highest BCUT2D eigenvalue weighted by atomic mass is 79.9. The third kappa shape index (κ3) is 2.99. The van der Waals surface area contributed by atoms with E-state index in [4.69, 9.17) is 5.26 Å². The lowest BCUT2D eigenvalue weighted by Crippen LogP contribution is -2.01. The van der Waals surface area contributed by atoms with Crippen LogP contribution in [0.15, 0.2) is 28.9 Å². The maximum Gasteiger partial charge on any atom is 0.120 e. The number of benzene rings is 1. The van der Waals surface area contributed by atoms with Gasteiger partial charge >= 0.3 is 0 Å². The molecule has 1 aromatic carbocycles. The summed E-state index contributed by atoms with van der Waals surface area (Å²) in [5.41, 5.74) is 5.33. The van der Waals surface area contributed by atoms with Crippen molar-refractivity contribution in [1.82, 2.24) is 4.57 Å². The van der Waals surface area contributed by atoms with Crippen LogP contribution in [0.5, 0.6) is 0 Å². The zero-order valence-corrected chi connectivity index (χ0v) is 12.9. The number of nitrogens with one attached hydrogen (secondary N) is 1. The Bertz CT molecular complexity index is 627. The average molecular weight is 318 g/mol. The quantitative estimate of drug-likeness (QED) is 0.933. The minimum absolute atomic E-state index is 0.677. The number of aryl methyl sites for hydroxylation is 3. The van der Waals surface area contributed by atoms with Gasteiger partial charge in [-0.3, -0.25) is 0 Å². The van der Waals surface area contributed by atoms with Crippen LogP contribution in [0.4, 0.5) is 5.69 Å². The van der Waals surface area contributed by atoms with Crippen molar-refractivity contribution in [1.29, 1.82) is 5.26 Å². The SMILES string of the molecule is Cc1cc(C)c(NCc2cc(C#N)n(C)c2)c(Br)c1. The number of hydrogen-bond donors (Lipinski definition) is 1. The molecule has 0 aliphatic heterocycles. The highest BCUT2D eigenvalue weighted by Gasteiger charge is 2.06. The van der Waals surface area contributed by atoms with Gasteiger partial charge in [-0.2, -0.15) is 5.26 Å². The van der Waals surface area contributed by atoms with E-state index in [9.17, 15) is 0 Å². The Kier molecular flexibility index (Phi) is 3.96. The Morgan fingerprint density at radius 1 is 1.32 bits per heavy atom. The predicted octanol–water partition coefficient (Wildman–Crippen LogP) is 3.89. The van der Waals surface area contributed by atoms with Gasteiger partial charge in [0.1, 0.15) is 11.8 Å². The molecule has 0 fully saturated rings. The molecule has 1 heterocycles. The lowest BCUT2D eigenvalue weighted by atomic mass is 10.1. The fourth-order valence-electron chi connectivity index (χ4n) is 2.17. The molecule has 1 N–H and O–H groups in total. The monoisotopic (exact) mass is 317 g/mol. The summed E-state index contributed by atoms with van der Waals surface area (Å²) < 4.78 is 2.91. The third-order valence-corrected chi connectivity index (χ3v) is 3.70. The maximum atomic E-state index is 8.94. The lowest BCUT2D eigenvalue weighted by molar-refractivity contribution is 0.902. The molecule has 2 rings (SSSR count). The fourth-order valence-corrected chi connectivity index (χ4v) is 2.98. The third-order valence-electron chi connectivity index (χ3n) is 3.08. The van der Waals surface area contributed by atoms with Crippen molar-refractivity contribution >= 4 is 21.6 Å². The van der Waals surface area contributed by atoms with Crippen LogP contribution in [-0.4, -0.2) is 4.57 Å². The number of nitriles is 1. The van der Waals surface area contributed by atoms with Crippen LogP contribution in [-0.2, 0) is 13.6 Å². The molecular weight excluding hydrogens is 302 g/mol. The first kappa shape index (κ1) is 13.7. The molecule has 0 atom stereocenters. The second-order valence-electron chi connectivity index (χ2n) is 4.75. The number of aromatic nitrogens is 1. The van der Waals surface area contributed by atoms with Crippen molar-refractivity contribution in [3.8, 4) is 6.07 Å². The largest absolute Gasteiger partial charge is 0.380 e. The summed E-state index contributed by atoms with van der Waals surface area (Å²) in [5.74, 6) is 0. The van der Waals surface area contributed by atoms with Crippen LogP contribution >= 0.6 is 15.9 Å². The van der Waals surface area contributed by atoms with Crippen LogP contribution in [0.3, 0.4) is 0 Å². The van der Waals surface area contributed by atoms with E-state index in [2.05, 4.69) is 53.3 Å². The molecule has 0 unspecified atom stereocenters. The predicted molar refractivity (Wildman–Crippen MR) is 81.1 cm³/mol. The number of rotatable bonds is 3. The Balaban J connectivity index is 2.17. The number of anilines is 1. The summed E-state index contributed by atoms with van der Waals surface area (Å²) in [6.45, 7) is 4.88. The van der Waals surface area contributed by atoms with Gasteiger partial charge in [0.2, 0.25) is 0 Å². The Labute approximate surface area is 122 Å². The van der Waals surface area contributed by atoms with Gasteiger partial charge in [0.15, 0.2) is 0 Å². The van der Waals surface area contributed by atoms with E-state index < -0.39 is 0 Å². The van der Waals surface area contributed by atoms with Crippen molar-refractivity contribution in [2.75, 3.05) is 5.32 Å². The molecule has 0 amide bonds. The number of nitrogens with zero attached hydrogens (tertiary/aromatic N) is 2. The van der Waals surface area contributed by atoms with Gasteiger partial charge in [0.25, 0.3) is 0 Å². The summed E-state index contributed by atoms with van der Waals surface area (Å²) in [6, 6.07) is 8.33. The first-order valence-corrected chi connectivity index (χ1v) is 6.86. The van der Waals surface area contributed by atoms with E-state index >= 15 is 0 Å². The maximum absolute atomic E-state index is 8.94. The number of halogens is 1. The van der Waals surface area contributed by atoms with Gasteiger partial charge in [-0.15, -0.1) is 0 Å². The van der Waals surface area contributed by atoms with Gasteiger partial charge < -0.3 is 9.88 Å². The Hall–Kier alpha value is -1.73. The molecule has 0 bridgehead atoms. The van der Waals surface area contributed by atoms with Crippen LogP contribution in [0.1, 0.15) is 22.4 Å². The van der Waals surface area contributed by atoms with E-state index in [1.807, 2.05) is 23.9 Å². The molecule has 0 aliphatic rings. The fraction of sp³-hybridized carbons (Fsp3) is 0.267. The van der Waals surface area contributed by atoms with E-state index in [1.54, 1.807) is 0 Å². The average Bonchev–Trinajstić information content (AvgIpc) is 2.68. The zero-order valence-electron chi connectivity index (χ0n) is 11.3. The summed E-state index contributed by atoms with van der Waals surface area (Å²) in [7, 11) is 1.88. The molecule has 4 heteroatoms. The molecule has 0 spiro atoms. The Morgan fingerprint density at radius 3 is 2.63 bits per heavy atom. The van der Waals surface area contributed by atoms with Gasteiger partial charge in [0.05, 0.1) is 5.69 Å². The molecule has 1 aromatic heterocycles. The van der Waals surface area contributed by atoms with Crippen LogP contribution in [0, 0.1) is 25.2 Å². The van der Waals surface area contributed by atoms with Gasteiger partial charge in [-0.1, -0.05) is 6.07 Å². The van der Waals surface area contributed by atoms with E-state index in [0.717, 1.165) is 15.7 Å². The smallest absolute Gasteiger partial charge is 0.120 e. The molecule has 2 aromatic rings. The van der Waals surface area contributed by atoms with E-state index in [1.165, 1.54) is 11.1 Å². The summed E-state index contributed by atoms with van der Waals surface area (Å²) >= 11 is 3.58. The second-order valence-corrected chi connectivity index (χ2v) is 5.60. The second kappa shape index (κ2) is 5.50. The first-order valence-electron chi connectivity index (χ1n) is 6.07. The molecule has 98 valence electrons. The van der Waals surface area contributed by atoms with Crippen LogP contribution in [0.2, 0.25) is 0 Å². The molecule has 3 nitrogen and oxygen atoms in total. The van der Waals surface area contributed by atoms with Crippen LogP contribution < -0.4 is 5.32 Å². The van der Waals surface area contributed by atoms with E-state index in [0.29, 0.717) is 12.2 Å². The Morgan fingerprint density at radius 2 is 2.05 bits per heavy atom. The minimum Gasteiger partial charge on any atom is -0.380 e. The van der Waals surface area contributed by atoms with Crippen molar-refractivity contribution in [3.63, 3.8) is 0 Å². The number of hydrogen-bond acceptors (Lipinski definition) is 2. The summed E-state index contributed by atoms with van der Waals surface area (Å²) in [4.78, 5) is 0. The van der Waals surface area contributed by atoms with Crippen molar-refractivity contribution < 1.29 is 0 Å². The van der Waals surface area contributed by atoms with Crippen molar-refractivity contribution in [3.05, 3.63) is 51.3 Å². The minimum atomic E-state index is 0.677. The van der Waals surface area contributed by atoms with Gasteiger partial charge in [-0.25, -0.2) is 0 Å². The standard InChI is InChI=1S/C15H16BrN3/c1-10-4-11(2)15(14(16)5-10)18-8-12-6-13(7-17)19(3)9-12/h4-6,9,18H,8H2,1-3H3. The van der Waals surface area contributed by atoms with Gasteiger partial charge in [-0.05, 0) is 58.6 Å².